The van der Waals surface area contributed by atoms with Gasteiger partial charge in [0.1, 0.15) is 0 Å². The van der Waals surface area contributed by atoms with Crippen LogP contribution >= 0.6 is 24.8 Å². The summed E-state index contributed by atoms with van der Waals surface area (Å²) in [6, 6.07) is 0.563. The molecule has 0 saturated carbocycles. The number of nitrogens with one attached hydrogen (secondary N) is 2. The summed E-state index contributed by atoms with van der Waals surface area (Å²) in [4.78, 5) is 14.9. The van der Waals surface area contributed by atoms with E-state index < -0.39 is 0 Å². The lowest BCUT2D eigenvalue weighted by molar-refractivity contribution is -0.122. The van der Waals surface area contributed by atoms with Gasteiger partial charge in [0.05, 0.1) is 0 Å². The van der Waals surface area contributed by atoms with Crippen molar-refractivity contribution in [2.24, 2.45) is 11.8 Å². The molecule has 2 unspecified atom stereocenters. The molecule has 2 rings (SSSR count). The van der Waals surface area contributed by atoms with Crippen LogP contribution in [0.2, 0.25) is 0 Å². The molecule has 0 radical (unpaired) electrons. The van der Waals surface area contributed by atoms with Crippen molar-refractivity contribution in [3.05, 3.63) is 0 Å². The lowest BCUT2D eigenvalue weighted by Crippen LogP contribution is -2.47. The van der Waals surface area contributed by atoms with E-state index in [2.05, 4.69) is 29.4 Å². The van der Waals surface area contributed by atoms with Crippen LogP contribution in [0.15, 0.2) is 0 Å². The van der Waals surface area contributed by atoms with Crippen LogP contribution in [0.4, 0.5) is 0 Å². The van der Waals surface area contributed by atoms with Crippen LogP contribution in [0, 0.1) is 11.8 Å². The van der Waals surface area contributed by atoms with Crippen molar-refractivity contribution in [1.82, 2.24) is 15.5 Å². The van der Waals surface area contributed by atoms with Gasteiger partial charge < -0.3 is 10.6 Å². The molecule has 4 nitrogen and oxygen atoms in total. The van der Waals surface area contributed by atoms with Crippen molar-refractivity contribution in [2.75, 3.05) is 32.7 Å². The average molecular weight is 396 g/mol. The van der Waals surface area contributed by atoms with Crippen molar-refractivity contribution in [3.63, 3.8) is 0 Å². The minimum absolute atomic E-state index is 0. The molecule has 0 aromatic rings. The molecule has 25 heavy (non-hydrogen) atoms. The van der Waals surface area contributed by atoms with Gasteiger partial charge in [-0.2, -0.15) is 0 Å². The fourth-order valence-electron chi connectivity index (χ4n) is 4.12. The number of piperidine rings is 2. The van der Waals surface area contributed by atoms with Gasteiger partial charge in [-0.25, -0.2) is 0 Å². The van der Waals surface area contributed by atoms with E-state index >= 15 is 0 Å². The molecule has 2 heterocycles. The highest BCUT2D eigenvalue weighted by molar-refractivity contribution is 5.85. The molecule has 6 heteroatoms. The van der Waals surface area contributed by atoms with Crippen LogP contribution in [0.5, 0.6) is 0 Å². The van der Waals surface area contributed by atoms with Crippen LogP contribution in [0.1, 0.15) is 65.2 Å². The summed E-state index contributed by atoms with van der Waals surface area (Å²) >= 11 is 0. The smallest absolute Gasteiger partial charge is 0.220 e. The Hall–Kier alpha value is -0.0300. The second-order valence-corrected chi connectivity index (χ2v) is 7.61. The molecule has 2 atom stereocenters. The Balaban J connectivity index is 0.00000288. The van der Waals surface area contributed by atoms with Gasteiger partial charge in [0.2, 0.25) is 5.91 Å². The predicted molar refractivity (Wildman–Crippen MR) is 111 cm³/mol. The molecule has 0 aliphatic carbocycles. The Labute approximate surface area is 167 Å². The molecule has 2 N–H and O–H groups in total. The quantitative estimate of drug-likeness (QED) is 0.659. The van der Waals surface area contributed by atoms with E-state index in [1.807, 2.05) is 0 Å². The van der Waals surface area contributed by atoms with Crippen LogP contribution < -0.4 is 10.6 Å². The number of rotatable bonds is 8. The molecule has 0 aromatic carbocycles. The second-order valence-electron chi connectivity index (χ2n) is 7.61. The van der Waals surface area contributed by atoms with Crippen molar-refractivity contribution < 1.29 is 4.79 Å². The molecule has 2 saturated heterocycles. The third kappa shape index (κ3) is 8.94. The second kappa shape index (κ2) is 14.1. The van der Waals surface area contributed by atoms with Gasteiger partial charge in [0.25, 0.3) is 0 Å². The summed E-state index contributed by atoms with van der Waals surface area (Å²) in [5.41, 5.74) is 0. The number of carbonyl (C=O) groups excluding carboxylic acids is 1. The van der Waals surface area contributed by atoms with Crippen molar-refractivity contribution in [3.8, 4) is 0 Å². The molecule has 1 amide bonds. The van der Waals surface area contributed by atoms with E-state index in [9.17, 15) is 4.79 Å². The van der Waals surface area contributed by atoms with E-state index in [1.165, 1.54) is 58.0 Å². The maximum Gasteiger partial charge on any atom is 0.220 e. The van der Waals surface area contributed by atoms with Gasteiger partial charge in [-0.1, -0.05) is 26.7 Å². The van der Waals surface area contributed by atoms with Gasteiger partial charge in [0, 0.05) is 19.0 Å². The Morgan fingerprint density at radius 2 is 1.92 bits per heavy atom. The molecule has 0 bridgehead atoms. The fraction of sp³-hybridized carbons (Fsp3) is 0.947. The lowest BCUT2D eigenvalue weighted by atomic mass is 9.84. The number of amides is 1. The van der Waals surface area contributed by atoms with Crippen molar-refractivity contribution in [2.45, 2.75) is 71.3 Å². The largest absolute Gasteiger partial charge is 0.355 e. The Kier molecular flexibility index (Phi) is 14.1. The van der Waals surface area contributed by atoms with E-state index in [0.717, 1.165) is 25.6 Å². The maximum absolute atomic E-state index is 12.3. The summed E-state index contributed by atoms with van der Waals surface area (Å²) in [5.74, 6) is 1.49. The first kappa shape index (κ1) is 25.0. The molecule has 2 fully saturated rings. The van der Waals surface area contributed by atoms with E-state index in [-0.39, 0.29) is 30.7 Å². The van der Waals surface area contributed by atoms with Crippen LogP contribution in [-0.2, 0) is 4.79 Å². The number of unbranched alkanes of at least 4 members (excludes halogenated alkanes) is 1. The molecule has 2 aliphatic rings. The van der Waals surface area contributed by atoms with Crippen molar-refractivity contribution in [1.29, 1.82) is 0 Å². The van der Waals surface area contributed by atoms with Crippen LogP contribution in [0.3, 0.4) is 0 Å². The zero-order chi connectivity index (χ0) is 16.5. The Morgan fingerprint density at radius 3 is 2.60 bits per heavy atom. The first-order chi connectivity index (χ1) is 11.2. The number of hydrogen-bond donors (Lipinski definition) is 2. The van der Waals surface area contributed by atoms with Gasteiger partial charge >= 0.3 is 0 Å². The van der Waals surface area contributed by atoms with Gasteiger partial charge in [-0.05, 0) is 70.1 Å². The predicted octanol–water partition coefficient (Wildman–Crippen LogP) is 3.63. The van der Waals surface area contributed by atoms with E-state index in [4.69, 9.17) is 0 Å². The number of likely N-dealkylation sites (tertiary alicyclic amines) is 1. The Morgan fingerprint density at radius 1 is 1.20 bits per heavy atom. The monoisotopic (exact) mass is 395 g/mol. The number of nitrogens with zero attached hydrogens (tertiary/aromatic N) is 1. The van der Waals surface area contributed by atoms with E-state index in [0.29, 0.717) is 18.4 Å². The number of halogens is 2. The normalized spacial score (nSPS) is 23.2. The van der Waals surface area contributed by atoms with E-state index in [1.54, 1.807) is 0 Å². The number of carbonyl (C=O) groups is 1. The minimum atomic E-state index is 0. The maximum atomic E-state index is 12.3. The zero-order valence-electron chi connectivity index (χ0n) is 16.1. The first-order valence-electron chi connectivity index (χ1n) is 9.92. The fourth-order valence-corrected chi connectivity index (χ4v) is 4.12. The number of hydrogen-bond acceptors (Lipinski definition) is 3. The SMILES string of the molecule is CCCCN1CCCCC1CNC(=O)CC(C)C1CCNCC1.Cl.Cl. The average Bonchev–Trinajstić information content (AvgIpc) is 2.59. The summed E-state index contributed by atoms with van der Waals surface area (Å²) in [6.45, 7) is 10.00. The molecule has 0 spiro atoms. The van der Waals surface area contributed by atoms with Gasteiger partial charge in [-0.15, -0.1) is 24.8 Å². The molecule has 0 aromatic heterocycles. The molecular weight excluding hydrogens is 357 g/mol. The molecular formula is C19H39Cl2N3O. The van der Waals surface area contributed by atoms with Crippen LogP contribution in [0.25, 0.3) is 0 Å². The zero-order valence-corrected chi connectivity index (χ0v) is 17.7. The standard InChI is InChI=1S/C19H37N3O.2ClH/c1-3-4-12-22-13-6-5-7-18(22)15-21-19(23)14-16(2)17-8-10-20-11-9-17;;/h16-18,20H,3-15H2,1-2H3,(H,21,23);2*1H. The van der Waals surface area contributed by atoms with Gasteiger partial charge in [-0.3, -0.25) is 9.69 Å². The van der Waals surface area contributed by atoms with Crippen molar-refractivity contribution >= 4 is 30.7 Å². The summed E-state index contributed by atoms with van der Waals surface area (Å²) in [6.07, 6.45) is 9.56. The molecule has 150 valence electrons. The minimum Gasteiger partial charge on any atom is -0.355 e. The summed E-state index contributed by atoms with van der Waals surface area (Å²) in [7, 11) is 0. The third-order valence-electron chi connectivity index (χ3n) is 5.78. The van der Waals surface area contributed by atoms with Gasteiger partial charge in [0.15, 0.2) is 0 Å². The lowest BCUT2D eigenvalue weighted by Gasteiger charge is -2.36. The molecule has 2 aliphatic heterocycles. The highest BCUT2D eigenvalue weighted by Crippen LogP contribution is 2.24. The highest BCUT2D eigenvalue weighted by Gasteiger charge is 2.24. The Bertz CT molecular complexity index is 352. The summed E-state index contributed by atoms with van der Waals surface area (Å²) in [5, 5.41) is 6.64. The first-order valence-corrected chi connectivity index (χ1v) is 9.92. The summed E-state index contributed by atoms with van der Waals surface area (Å²) < 4.78 is 0. The highest BCUT2D eigenvalue weighted by atomic mass is 35.5. The third-order valence-corrected chi connectivity index (χ3v) is 5.78. The van der Waals surface area contributed by atoms with Crippen LogP contribution in [-0.4, -0.2) is 49.6 Å². The topological polar surface area (TPSA) is 44.4 Å².